The lowest BCUT2D eigenvalue weighted by atomic mass is 10.3. The zero-order valence-corrected chi connectivity index (χ0v) is 6.60. The van der Waals surface area contributed by atoms with E-state index < -0.39 is 0 Å². The van der Waals surface area contributed by atoms with Crippen molar-refractivity contribution in [2.75, 3.05) is 14.2 Å². The zero-order valence-electron chi connectivity index (χ0n) is 6.60. The minimum absolute atomic E-state index is 0.315. The van der Waals surface area contributed by atoms with Gasteiger partial charge in [-0.1, -0.05) is 13.0 Å². The van der Waals surface area contributed by atoms with Crippen LogP contribution in [0.3, 0.4) is 0 Å². The summed E-state index contributed by atoms with van der Waals surface area (Å²) in [7, 11) is 3.06. The van der Waals surface area contributed by atoms with Crippen molar-refractivity contribution in [3.05, 3.63) is 11.8 Å². The molecular formula is C7H13NO2. The van der Waals surface area contributed by atoms with Gasteiger partial charge in [-0.2, -0.15) is 0 Å². The standard InChI is InChI=1S/C7H13NO2/c1-4-5-6(8-2)7(9)10-3/h5,8H,4H2,1-3H3/b6-5-. The second-order valence-electron chi connectivity index (χ2n) is 1.77. The van der Waals surface area contributed by atoms with Crippen LogP contribution in [0.15, 0.2) is 11.8 Å². The largest absolute Gasteiger partial charge is 0.464 e. The molecule has 0 bridgehead atoms. The molecule has 0 heterocycles. The number of ether oxygens (including phenoxy) is 1. The number of likely N-dealkylation sites (N-methyl/N-ethyl adjacent to an activating group) is 1. The maximum absolute atomic E-state index is 10.8. The first-order valence-corrected chi connectivity index (χ1v) is 3.22. The summed E-state index contributed by atoms with van der Waals surface area (Å²) in [4.78, 5) is 10.8. The third-order valence-electron chi connectivity index (χ3n) is 1.08. The SMILES string of the molecule is CC/C=C(\NC)C(=O)OC. The van der Waals surface area contributed by atoms with E-state index in [4.69, 9.17) is 0 Å². The van der Waals surface area contributed by atoms with E-state index in [0.717, 1.165) is 6.42 Å². The summed E-state index contributed by atoms with van der Waals surface area (Å²) in [6.07, 6.45) is 2.61. The molecule has 0 atom stereocenters. The number of hydrogen-bond donors (Lipinski definition) is 1. The summed E-state index contributed by atoms with van der Waals surface area (Å²) >= 11 is 0. The fraction of sp³-hybridized carbons (Fsp3) is 0.571. The quantitative estimate of drug-likeness (QED) is 0.466. The summed E-state index contributed by atoms with van der Waals surface area (Å²) in [5.74, 6) is -0.315. The number of allylic oxidation sites excluding steroid dienone is 1. The molecule has 0 aromatic heterocycles. The normalized spacial score (nSPS) is 10.9. The van der Waals surface area contributed by atoms with Crippen LogP contribution >= 0.6 is 0 Å². The predicted octanol–water partition coefficient (Wildman–Crippen LogP) is 0.673. The summed E-state index contributed by atoms with van der Waals surface area (Å²) in [6.45, 7) is 1.96. The summed E-state index contributed by atoms with van der Waals surface area (Å²) < 4.78 is 4.49. The van der Waals surface area contributed by atoms with Gasteiger partial charge in [-0.3, -0.25) is 0 Å². The highest BCUT2D eigenvalue weighted by molar-refractivity contribution is 5.87. The Bertz CT molecular complexity index is 141. The molecule has 0 radical (unpaired) electrons. The average molecular weight is 143 g/mol. The van der Waals surface area contributed by atoms with Crippen molar-refractivity contribution in [3.63, 3.8) is 0 Å². The van der Waals surface area contributed by atoms with E-state index in [1.54, 1.807) is 13.1 Å². The van der Waals surface area contributed by atoms with Crippen molar-refractivity contribution < 1.29 is 9.53 Å². The molecule has 0 spiro atoms. The lowest BCUT2D eigenvalue weighted by Crippen LogP contribution is -2.17. The molecular weight excluding hydrogens is 130 g/mol. The number of methoxy groups -OCH3 is 1. The smallest absolute Gasteiger partial charge is 0.353 e. The van der Waals surface area contributed by atoms with E-state index in [2.05, 4.69) is 10.1 Å². The van der Waals surface area contributed by atoms with Crippen LogP contribution in [0, 0.1) is 0 Å². The lowest BCUT2D eigenvalue weighted by Gasteiger charge is -2.02. The topological polar surface area (TPSA) is 38.3 Å². The minimum Gasteiger partial charge on any atom is -0.464 e. The summed E-state index contributed by atoms with van der Waals surface area (Å²) in [6, 6.07) is 0. The summed E-state index contributed by atoms with van der Waals surface area (Å²) in [5.41, 5.74) is 0.519. The molecule has 0 aliphatic rings. The molecule has 0 aromatic rings. The molecule has 0 rings (SSSR count). The van der Waals surface area contributed by atoms with Crippen LogP contribution in [0.1, 0.15) is 13.3 Å². The van der Waals surface area contributed by atoms with E-state index in [9.17, 15) is 4.79 Å². The van der Waals surface area contributed by atoms with Crippen LogP contribution in [-0.2, 0) is 9.53 Å². The van der Waals surface area contributed by atoms with Crippen molar-refractivity contribution in [1.82, 2.24) is 5.32 Å². The van der Waals surface area contributed by atoms with Gasteiger partial charge in [0.15, 0.2) is 0 Å². The van der Waals surface area contributed by atoms with Crippen molar-refractivity contribution in [2.24, 2.45) is 0 Å². The minimum atomic E-state index is -0.315. The Hall–Kier alpha value is -0.990. The van der Waals surface area contributed by atoms with Crippen molar-refractivity contribution in [2.45, 2.75) is 13.3 Å². The third kappa shape index (κ3) is 2.53. The van der Waals surface area contributed by atoms with Crippen LogP contribution in [0.5, 0.6) is 0 Å². The van der Waals surface area contributed by atoms with Crippen LogP contribution < -0.4 is 5.32 Å². The molecule has 3 heteroatoms. The van der Waals surface area contributed by atoms with Crippen molar-refractivity contribution >= 4 is 5.97 Å². The lowest BCUT2D eigenvalue weighted by molar-refractivity contribution is -0.136. The zero-order chi connectivity index (χ0) is 7.98. The van der Waals surface area contributed by atoms with Crippen LogP contribution in [0.2, 0.25) is 0 Å². The number of rotatable bonds is 3. The number of carbonyl (C=O) groups excluding carboxylic acids is 1. The summed E-state index contributed by atoms with van der Waals surface area (Å²) in [5, 5.41) is 2.74. The van der Waals surface area contributed by atoms with E-state index in [1.165, 1.54) is 7.11 Å². The number of hydrogen-bond acceptors (Lipinski definition) is 3. The van der Waals surface area contributed by atoms with Gasteiger partial charge in [0, 0.05) is 7.05 Å². The van der Waals surface area contributed by atoms with E-state index in [-0.39, 0.29) is 5.97 Å². The Morgan fingerprint density at radius 2 is 2.30 bits per heavy atom. The Balaban J connectivity index is 4.06. The molecule has 0 aromatic carbocycles. The molecule has 0 fully saturated rings. The average Bonchev–Trinajstić information content (AvgIpc) is 1.99. The molecule has 0 aliphatic carbocycles. The van der Waals surface area contributed by atoms with E-state index in [0.29, 0.717) is 5.70 Å². The number of carbonyl (C=O) groups is 1. The molecule has 0 unspecified atom stereocenters. The third-order valence-corrected chi connectivity index (χ3v) is 1.08. The maximum Gasteiger partial charge on any atom is 0.353 e. The Kier molecular flexibility index (Phi) is 4.37. The van der Waals surface area contributed by atoms with Gasteiger partial charge in [0.25, 0.3) is 0 Å². The fourth-order valence-electron chi connectivity index (χ4n) is 0.602. The van der Waals surface area contributed by atoms with Gasteiger partial charge in [-0.05, 0) is 6.42 Å². The highest BCUT2D eigenvalue weighted by Gasteiger charge is 2.03. The first kappa shape index (κ1) is 9.01. The van der Waals surface area contributed by atoms with E-state index >= 15 is 0 Å². The molecule has 0 saturated heterocycles. The first-order chi connectivity index (χ1) is 4.76. The second kappa shape index (κ2) is 4.85. The predicted molar refractivity (Wildman–Crippen MR) is 39.4 cm³/mol. The number of nitrogens with one attached hydrogen (secondary N) is 1. The Morgan fingerprint density at radius 1 is 1.70 bits per heavy atom. The van der Waals surface area contributed by atoms with Gasteiger partial charge in [0.1, 0.15) is 5.70 Å². The van der Waals surface area contributed by atoms with Gasteiger partial charge >= 0.3 is 5.97 Å². The highest BCUT2D eigenvalue weighted by Crippen LogP contribution is 1.93. The molecule has 58 valence electrons. The molecule has 10 heavy (non-hydrogen) atoms. The maximum atomic E-state index is 10.8. The van der Waals surface area contributed by atoms with Gasteiger partial charge in [0.2, 0.25) is 0 Å². The second-order valence-corrected chi connectivity index (χ2v) is 1.77. The van der Waals surface area contributed by atoms with Crippen LogP contribution in [0.4, 0.5) is 0 Å². The molecule has 0 saturated carbocycles. The van der Waals surface area contributed by atoms with Gasteiger partial charge in [-0.15, -0.1) is 0 Å². The molecule has 1 N–H and O–H groups in total. The monoisotopic (exact) mass is 143 g/mol. The first-order valence-electron chi connectivity index (χ1n) is 3.22. The molecule has 0 amide bonds. The van der Waals surface area contributed by atoms with Crippen molar-refractivity contribution in [3.8, 4) is 0 Å². The van der Waals surface area contributed by atoms with Crippen molar-refractivity contribution in [1.29, 1.82) is 0 Å². The highest BCUT2D eigenvalue weighted by atomic mass is 16.5. The van der Waals surface area contributed by atoms with Gasteiger partial charge < -0.3 is 10.1 Å². The van der Waals surface area contributed by atoms with Gasteiger partial charge in [0.05, 0.1) is 7.11 Å². The van der Waals surface area contributed by atoms with Crippen LogP contribution in [0.25, 0.3) is 0 Å². The number of esters is 1. The molecule has 3 nitrogen and oxygen atoms in total. The van der Waals surface area contributed by atoms with Crippen LogP contribution in [-0.4, -0.2) is 20.1 Å². The van der Waals surface area contributed by atoms with E-state index in [1.807, 2.05) is 6.92 Å². The fourth-order valence-corrected chi connectivity index (χ4v) is 0.602. The van der Waals surface area contributed by atoms with Gasteiger partial charge in [-0.25, -0.2) is 4.79 Å². The molecule has 0 aliphatic heterocycles. The Labute approximate surface area is 61.1 Å². The Morgan fingerprint density at radius 3 is 2.60 bits per heavy atom.